The van der Waals surface area contributed by atoms with E-state index in [1.54, 1.807) is 0 Å². The molecule has 0 aromatic heterocycles. The molecule has 0 N–H and O–H groups in total. The highest BCUT2D eigenvalue weighted by Gasteiger charge is 2.34. The number of halogens is 1. The van der Waals surface area contributed by atoms with Gasteiger partial charge in [0.1, 0.15) is 0 Å². The van der Waals surface area contributed by atoms with Crippen molar-refractivity contribution in [2.24, 2.45) is 0 Å². The van der Waals surface area contributed by atoms with E-state index in [1.165, 1.54) is 0 Å². The number of hydrogen-bond donors (Lipinski definition) is 0. The van der Waals surface area contributed by atoms with Gasteiger partial charge < -0.3 is 9.05 Å². The predicted octanol–water partition coefficient (Wildman–Crippen LogP) is 7.45. The summed E-state index contributed by atoms with van der Waals surface area (Å²) in [7, 11) is -3.54. The second-order valence-corrected chi connectivity index (χ2v) is 9.49. The lowest BCUT2D eigenvalue weighted by Crippen LogP contribution is -2.18. The Morgan fingerprint density at radius 3 is 2.07 bits per heavy atom. The SMILES string of the molecule is CCOP(=O)(OCC)c1c(CBr)cc2ccccc2c1-c1cccc2ccccc12. The summed E-state index contributed by atoms with van der Waals surface area (Å²) in [5.41, 5.74) is 2.87. The number of alkyl halides is 1. The molecule has 0 heterocycles. The fraction of sp³-hybridized carbons (Fsp3) is 0.200. The van der Waals surface area contributed by atoms with Crippen LogP contribution < -0.4 is 5.30 Å². The third-order valence-corrected chi connectivity index (χ3v) is 8.03. The minimum absolute atomic E-state index is 0.306. The van der Waals surface area contributed by atoms with Crippen LogP contribution in [-0.2, 0) is 18.9 Å². The maximum atomic E-state index is 14.1. The predicted molar refractivity (Wildman–Crippen MR) is 130 cm³/mol. The number of benzene rings is 4. The van der Waals surface area contributed by atoms with Gasteiger partial charge in [-0.2, -0.15) is 0 Å². The molecule has 0 atom stereocenters. The van der Waals surface area contributed by atoms with E-state index in [-0.39, 0.29) is 0 Å². The van der Waals surface area contributed by atoms with Crippen LogP contribution in [0.25, 0.3) is 32.7 Å². The lowest BCUT2D eigenvalue weighted by Gasteiger charge is -2.25. The molecule has 4 aromatic rings. The molecular weight excluding hydrogens is 459 g/mol. The summed E-state index contributed by atoms with van der Waals surface area (Å²) < 4.78 is 25.8. The van der Waals surface area contributed by atoms with Gasteiger partial charge in [-0.1, -0.05) is 82.7 Å². The van der Waals surface area contributed by atoms with Gasteiger partial charge in [-0.05, 0) is 52.6 Å². The van der Waals surface area contributed by atoms with Gasteiger partial charge in [-0.15, -0.1) is 0 Å². The summed E-state index contributed by atoms with van der Waals surface area (Å²) in [5, 5.41) is 5.58. The van der Waals surface area contributed by atoms with Crippen molar-refractivity contribution in [2.75, 3.05) is 13.2 Å². The van der Waals surface area contributed by atoms with Gasteiger partial charge >= 0.3 is 7.60 Å². The zero-order valence-electron chi connectivity index (χ0n) is 17.1. The smallest absolute Gasteiger partial charge is 0.305 e. The Kier molecular flexibility index (Phi) is 6.40. The topological polar surface area (TPSA) is 35.5 Å². The first kappa shape index (κ1) is 21.3. The number of hydrogen-bond acceptors (Lipinski definition) is 3. The molecule has 0 saturated heterocycles. The Bertz CT molecular complexity index is 1240. The second-order valence-electron chi connectivity index (χ2n) is 6.97. The van der Waals surface area contributed by atoms with Gasteiger partial charge in [0.25, 0.3) is 0 Å². The van der Waals surface area contributed by atoms with Gasteiger partial charge in [0, 0.05) is 10.9 Å². The van der Waals surface area contributed by atoms with Crippen molar-refractivity contribution in [2.45, 2.75) is 19.2 Å². The number of fused-ring (bicyclic) bond motifs is 2. The molecule has 3 nitrogen and oxygen atoms in total. The normalized spacial score (nSPS) is 12.0. The first-order chi connectivity index (χ1) is 14.6. The maximum Gasteiger partial charge on any atom is 0.362 e. The highest BCUT2D eigenvalue weighted by Crippen LogP contribution is 2.52. The monoisotopic (exact) mass is 482 g/mol. The van der Waals surface area contributed by atoms with E-state index in [1.807, 2.05) is 44.2 Å². The van der Waals surface area contributed by atoms with Crippen LogP contribution in [0, 0.1) is 0 Å². The second kappa shape index (κ2) is 9.03. The van der Waals surface area contributed by atoms with Crippen molar-refractivity contribution in [3.63, 3.8) is 0 Å². The molecule has 154 valence electrons. The van der Waals surface area contributed by atoms with Crippen molar-refractivity contribution < 1.29 is 13.6 Å². The lowest BCUT2D eigenvalue weighted by molar-refractivity contribution is 0.230. The van der Waals surface area contributed by atoms with E-state index < -0.39 is 7.60 Å². The molecule has 0 saturated carbocycles. The molecule has 0 bridgehead atoms. The third-order valence-electron chi connectivity index (χ3n) is 5.18. The molecule has 0 radical (unpaired) electrons. The Morgan fingerprint density at radius 2 is 1.40 bits per heavy atom. The molecule has 5 heteroatoms. The summed E-state index contributed by atoms with van der Waals surface area (Å²) >= 11 is 3.61. The largest absolute Gasteiger partial charge is 0.362 e. The standard InChI is InChI=1S/C25H24BrO3P/c1-3-28-30(27,29-4-2)25-20(17-26)16-19-11-6-8-14-22(19)24(25)23-15-9-12-18-10-5-7-13-21(18)23/h5-16H,3-4,17H2,1-2H3. The van der Waals surface area contributed by atoms with Crippen LogP contribution in [0.1, 0.15) is 19.4 Å². The zero-order chi connectivity index (χ0) is 21.1. The van der Waals surface area contributed by atoms with Crippen LogP contribution in [0.3, 0.4) is 0 Å². The van der Waals surface area contributed by atoms with Gasteiger partial charge in [0.2, 0.25) is 0 Å². The molecule has 0 aliphatic carbocycles. The average molecular weight is 483 g/mol. The third kappa shape index (κ3) is 3.74. The van der Waals surface area contributed by atoms with Crippen molar-refractivity contribution in [1.29, 1.82) is 0 Å². The van der Waals surface area contributed by atoms with Gasteiger partial charge in [0.15, 0.2) is 0 Å². The molecular formula is C25H24BrO3P. The first-order valence-corrected chi connectivity index (χ1v) is 12.8. The molecule has 0 fully saturated rings. The van der Waals surface area contributed by atoms with Crippen molar-refractivity contribution >= 4 is 50.4 Å². The Morgan fingerprint density at radius 1 is 0.800 bits per heavy atom. The molecule has 0 spiro atoms. The fourth-order valence-corrected chi connectivity index (χ4v) is 6.71. The highest BCUT2D eigenvalue weighted by molar-refractivity contribution is 9.08. The van der Waals surface area contributed by atoms with Gasteiger partial charge in [-0.3, -0.25) is 4.57 Å². The summed E-state index contributed by atoms with van der Waals surface area (Å²) in [4.78, 5) is 0. The van der Waals surface area contributed by atoms with Crippen molar-refractivity contribution in [1.82, 2.24) is 0 Å². The molecule has 30 heavy (non-hydrogen) atoms. The molecule has 0 amide bonds. The van der Waals surface area contributed by atoms with Crippen LogP contribution in [-0.4, -0.2) is 13.2 Å². The van der Waals surface area contributed by atoms with Crippen LogP contribution in [0.4, 0.5) is 0 Å². The summed E-state index contributed by atoms with van der Waals surface area (Å²) in [5.74, 6) is 0. The molecule has 4 aromatic carbocycles. The Balaban J connectivity index is 2.20. The van der Waals surface area contributed by atoms with E-state index >= 15 is 0 Å². The van der Waals surface area contributed by atoms with Crippen molar-refractivity contribution in [3.05, 3.63) is 78.4 Å². The van der Waals surface area contributed by atoms with E-state index in [0.29, 0.717) is 23.8 Å². The maximum absolute atomic E-state index is 14.1. The van der Waals surface area contributed by atoms with Gasteiger partial charge in [0.05, 0.1) is 18.5 Å². The van der Waals surface area contributed by atoms with Crippen LogP contribution in [0.15, 0.2) is 72.8 Å². The molecule has 0 aliphatic rings. The lowest BCUT2D eigenvalue weighted by atomic mass is 9.92. The quantitative estimate of drug-likeness (QED) is 0.202. The summed E-state index contributed by atoms with van der Waals surface area (Å²) in [6, 6.07) is 24.8. The average Bonchev–Trinajstić information content (AvgIpc) is 2.77. The van der Waals surface area contributed by atoms with E-state index in [0.717, 1.165) is 38.2 Å². The first-order valence-electron chi connectivity index (χ1n) is 10.1. The number of rotatable bonds is 7. The van der Waals surface area contributed by atoms with E-state index in [2.05, 4.69) is 58.4 Å². The minimum atomic E-state index is -3.54. The molecule has 0 aliphatic heterocycles. The van der Waals surface area contributed by atoms with E-state index in [4.69, 9.17) is 9.05 Å². The minimum Gasteiger partial charge on any atom is -0.305 e. The summed E-state index contributed by atoms with van der Waals surface area (Å²) in [6.45, 7) is 4.30. The van der Waals surface area contributed by atoms with E-state index in [9.17, 15) is 4.57 Å². The van der Waals surface area contributed by atoms with Crippen LogP contribution in [0.5, 0.6) is 0 Å². The Hall–Kier alpha value is -1.97. The van der Waals surface area contributed by atoms with Crippen LogP contribution >= 0.6 is 23.5 Å². The Labute approximate surface area is 185 Å². The van der Waals surface area contributed by atoms with Crippen molar-refractivity contribution in [3.8, 4) is 11.1 Å². The molecule has 4 rings (SSSR count). The summed E-state index contributed by atoms with van der Waals surface area (Å²) in [6.07, 6.45) is 0. The fourth-order valence-electron chi connectivity index (χ4n) is 4.03. The van der Waals surface area contributed by atoms with Crippen LogP contribution in [0.2, 0.25) is 0 Å². The van der Waals surface area contributed by atoms with Gasteiger partial charge in [-0.25, -0.2) is 0 Å². The zero-order valence-corrected chi connectivity index (χ0v) is 19.6. The highest BCUT2D eigenvalue weighted by atomic mass is 79.9. The molecule has 0 unspecified atom stereocenters.